The third kappa shape index (κ3) is 3.56. The van der Waals surface area contributed by atoms with Crippen LogP contribution in [0.5, 0.6) is 0 Å². The Morgan fingerprint density at radius 2 is 2.18 bits per heavy atom. The Labute approximate surface area is 103 Å². The fourth-order valence-corrected chi connectivity index (χ4v) is 3.10. The third-order valence-electron chi connectivity index (χ3n) is 2.81. The van der Waals surface area contributed by atoms with Gasteiger partial charge in [-0.2, -0.15) is 24.9 Å². The average molecular weight is 261 g/mol. The summed E-state index contributed by atoms with van der Waals surface area (Å²) in [5.74, 6) is 2.84. The summed E-state index contributed by atoms with van der Waals surface area (Å²) < 4.78 is 37.4. The molecule has 0 amide bonds. The molecule has 1 aromatic rings. The molecule has 5 heteroatoms. The molecule has 0 saturated carbocycles. The zero-order valence-corrected chi connectivity index (χ0v) is 10.1. The molecule has 1 aromatic carbocycles. The van der Waals surface area contributed by atoms with Gasteiger partial charge in [0.25, 0.3) is 0 Å². The summed E-state index contributed by atoms with van der Waals surface area (Å²) in [4.78, 5) is 0. The summed E-state index contributed by atoms with van der Waals surface area (Å²) in [5, 5.41) is 3.09. The molecule has 1 heterocycles. The van der Waals surface area contributed by atoms with Crippen LogP contribution in [-0.2, 0) is 6.18 Å². The number of rotatable bonds is 3. The van der Waals surface area contributed by atoms with Crippen molar-refractivity contribution in [2.45, 2.75) is 12.6 Å². The maximum Gasteiger partial charge on any atom is 0.416 e. The summed E-state index contributed by atoms with van der Waals surface area (Å²) in [6.45, 7) is 0.758. The van der Waals surface area contributed by atoms with Gasteiger partial charge in [0.05, 0.1) is 5.56 Å². The lowest BCUT2D eigenvalue weighted by Crippen LogP contribution is -2.14. The van der Waals surface area contributed by atoms with Crippen molar-refractivity contribution in [3.63, 3.8) is 0 Å². The molecule has 1 saturated heterocycles. The van der Waals surface area contributed by atoms with Crippen LogP contribution in [0.1, 0.15) is 12.0 Å². The van der Waals surface area contributed by atoms with Gasteiger partial charge < -0.3 is 5.32 Å². The number of benzene rings is 1. The van der Waals surface area contributed by atoms with Crippen LogP contribution >= 0.6 is 11.8 Å². The number of alkyl halides is 3. The van der Waals surface area contributed by atoms with Crippen molar-refractivity contribution in [3.8, 4) is 0 Å². The van der Waals surface area contributed by atoms with Gasteiger partial charge in [-0.05, 0) is 42.0 Å². The molecule has 0 radical (unpaired) electrons. The van der Waals surface area contributed by atoms with Crippen LogP contribution in [-0.4, -0.2) is 18.1 Å². The second-order valence-electron chi connectivity index (χ2n) is 4.19. The van der Waals surface area contributed by atoms with Gasteiger partial charge in [0.2, 0.25) is 0 Å². The zero-order chi connectivity index (χ0) is 12.3. The van der Waals surface area contributed by atoms with Crippen LogP contribution in [0.4, 0.5) is 18.9 Å². The van der Waals surface area contributed by atoms with E-state index in [1.165, 1.54) is 12.1 Å². The van der Waals surface area contributed by atoms with Gasteiger partial charge in [-0.1, -0.05) is 6.07 Å². The summed E-state index contributed by atoms with van der Waals surface area (Å²) in [5.41, 5.74) is -0.0416. The van der Waals surface area contributed by atoms with Gasteiger partial charge in [0, 0.05) is 12.2 Å². The van der Waals surface area contributed by atoms with Crippen molar-refractivity contribution in [2.75, 3.05) is 23.4 Å². The van der Waals surface area contributed by atoms with Crippen LogP contribution < -0.4 is 5.32 Å². The molecule has 17 heavy (non-hydrogen) atoms. The van der Waals surface area contributed by atoms with E-state index in [0.29, 0.717) is 11.6 Å². The predicted octanol–water partition coefficient (Wildman–Crippen LogP) is 3.87. The standard InChI is InChI=1S/C12H14F3NS/c13-12(14,15)10-2-1-3-11(6-10)16-7-9-4-5-17-8-9/h1-3,6,9,16H,4-5,7-8H2. The van der Waals surface area contributed by atoms with Crippen molar-refractivity contribution in [1.82, 2.24) is 0 Å². The lowest BCUT2D eigenvalue weighted by molar-refractivity contribution is -0.137. The van der Waals surface area contributed by atoms with Gasteiger partial charge >= 0.3 is 6.18 Å². The van der Waals surface area contributed by atoms with E-state index < -0.39 is 11.7 Å². The molecule has 1 aliphatic rings. The molecule has 1 N–H and O–H groups in total. The molecule has 1 fully saturated rings. The van der Waals surface area contributed by atoms with Gasteiger partial charge in [-0.3, -0.25) is 0 Å². The maximum absolute atomic E-state index is 12.5. The average Bonchev–Trinajstić information content (AvgIpc) is 2.78. The Balaban J connectivity index is 1.96. The number of nitrogens with one attached hydrogen (secondary N) is 1. The van der Waals surface area contributed by atoms with Crippen LogP contribution in [0.15, 0.2) is 24.3 Å². The number of thioether (sulfide) groups is 1. The van der Waals surface area contributed by atoms with E-state index >= 15 is 0 Å². The summed E-state index contributed by atoms with van der Waals surface area (Å²) in [7, 11) is 0. The first-order valence-corrected chi connectivity index (χ1v) is 6.70. The topological polar surface area (TPSA) is 12.0 Å². The van der Waals surface area contributed by atoms with Crippen molar-refractivity contribution in [3.05, 3.63) is 29.8 Å². The fraction of sp³-hybridized carbons (Fsp3) is 0.500. The van der Waals surface area contributed by atoms with E-state index in [-0.39, 0.29) is 0 Å². The first kappa shape index (κ1) is 12.6. The second-order valence-corrected chi connectivity index (χ2v) is 5.34. The summed E-state index contributed by atoms with van der Waals surface area (Å²) in [6, 6.07) is 5.38. The Morgan fingerprint density at radius 3 is 2.82 bits per heavy atom. The largest absolute Gasteiger partial charge is 0.416 e. The molecule has 0 spiro atoms. The molecule has 94 valence electrons. The summed E-state index contributed by atoms with van der Waals surface area (Å²) >= 11 is 1.90. The van der Waals surface area contributed by atoms with E-state index in [2.05, 4.69) is 5.32 Å². The third-order valence-corrected chi connectivity index (χ3v) is 4.04. The van der Waals surface area contributed by atoms with E-state index in [9.17, 15) is 13.2 Å². The van der Waals surface area contributed by atoms with Crippen LogP contribution in [0.3, 0.4) is 0 Å². The highest BCUT2D eigenvalue weighted by Crippen LogP contribution is 2.31. The molecule has 2 rings (SSSR count). The van der Waals surface area contributed by atoms with Gasteiger partial charge in [-0.15, -0.1) is 0 Å². The first-order chi connectivity index (χ1) is 8.05. The van der Waals surface area contributed by atoms with Crippen molar-refractivity contribution in [2.24, 2.45) is 5.92 Å². The minimum Gasteiger partial charge on any atom is -0.385 e. The van der Waals surface area contributed by atoms with E-state index in [0.717, 1.165) is 30.5 Å². The Hall–Kier alpha value is -0.840. The van der Waals surface area contributed by atoms with E-state index in [1.807, 2.05) is 11.8 Å². The molecule has 0 bridgehead atoms. The first-order valence-electron chi connectivity index (χ1n) is 5.54. The van der Waals surface area contributed by atoms with Crippen LogP contribution in [0.25, 0.3) is 0 Å². The van der Waals surface area contributed by atoms with Crippen LogP contribution in [0, 0.1) is 5.92 Å². The Morgan fingerprint density at radius 1 is 1.35 bits per heavy atom. The van der Waals surface area contributed by atoms with Crippen molar-refractivity contribution in [1.29, 1.82) is 0 Å². The van der Waals surface area contributed by atoms with Crippen molar-refractivity contribution < 1.29 is 13.2 Å². The Kier molecular flexibility index (Phi) is 3.86. The lowest BCUT2D eigenvalue weighted by atomic mass is 10.1. The fourth-order valence-electron chi connectivity index (χ4n) is 1.81. The molecule has 1 aliphatic heterocycles. The van der Waals surface area contributed by atoms with E-state index in [4.69, 9.17) is 0 Å². The molecule has 1 atom stereocenters. The number of hydrogen-bond donors (Lipinski definition) is 1. The zero-order valence-electron chi connectivity index (χ0n) is 9.26. The lowest BCUT2D eigenvalue weighted by Gasteiger charge is -2.13. The molecule has 0 aliphatic carbocycles. The van der Waals surface area contributed by atoms with Crippen molar-refractivity contribution >= 4 is 17.4 Å². The monoisotopic (exact) mass is 261 g/mol. The highest BCUT2D eigenvalue weighted by atomic mass is 32.2. The molecule has 1 nitrogen and oxygen atoms in total. The number of halogens is 3. The SMILES string of the molecule is FC(F)(F)c1cccc(NCC2CCSC2)c1. The molecule has 0 aromatic heterocycles. The number of anilines is 1. The minimum atomic E-state index is -4.26. The van der Waals surface area contributed by atoms with E-state index in [1.54, 1.807) is 6.07 Å². The number of hydrogen-bond acceptors (Lipinski definition) is 2. The normalized spacial score (nSPS) is 20.5. The highest BCUT2D eigenvalue weighted by Gasteiger charge is 2.30. The van der Waals surface area contributed by atoms with Crippen LogP contribution in [0.2, 0.25) is 0 Å². The summed E-state index contributed by atoms with van der Waals surface area (Å²) in [6.07, 6.45) is -3.11. The van der Waals surface area contributed by atoms with Gasteiger partial charge in [0.15, 0.2) is 0 Å². The Bertz CT molecular complexity index is 372. The molecular weight excluding hydrogens is 247 g/mol. The quantitative estimate of drug-likeness (QED) is 0.886. The van der Waals surface area contributed by atoms with Gasteiger partial charge in [0.1, 0.15) is 0 Å². The minimum absolute atomic E-state index is 0.553. The predicted molar refractivity (Wildman–Crippen MR) is 65.4 cm³/mol. The highest BCUT2D eigenvalue weighted by molar-refractivity contribution is 7.99. The smallest absolute Gasteiger partial charge is 0.385 e. The molecule has 1 unspecified atom stereocenters. The van der Waals surface area contributed by atoms with Gasteiger partial charge in [-0.25, -0.2) is 0 Å². The maximum atomic E-state index is 12.5. The second kappa shape index (κ2) is 5.21. The molecular formula is C12H14F3NS.